The summed E-state index contributed by atoms with van der Waals surface area (Å²) < 4.78 is 0. The fourth-order valence-corrected chi connectivity index (χ4v) is 4.96. The molecule has 2 heterocycles. The van der Waals surface area contributed by atoms with Gasteiger partial charge in [0.15, 0.2) is 0 Å². The number of hydrogen-bond donors (Lipinski definition) is 1. The number of rotatable bonds is 1. The van der Waals surface area contributed by atoms with E-state index >= 15 is 0 Å². The molecule has 1 unspecified atom stereocenters. The maximum Gasteiger partial charge on any atom is 0.0373 e. The normalized spacial score (nSPS) is 33.4. The Morgan fingerprint density at radius 3 is 2.81 bits per heavy atom. The summed E-state index contributed by atoms with van der Waals surface area (Å²) in [5, 5.41) is 3.73. The summed E-state index contributed by atoms with van der Waals surface area (Å²) in [4.78, 5) is 2.90. The average molecular weight is 284 g/mol. The van der Waals surface area contributed by atoms with Crippen LogP contribution >= 0.6 is 0 Å². The molecule has 1 N–H and O–H groups in total. The lowest BCUT2D eigenvalue weighted by molar-refractivity contribution is 0.0274. The maximum atomic E-state index is 3.73. The van der Waals surface area contributed by atoms with Crippen LogP contribution < -0.4 is 5.32 Å². The predicted molar refractivity (Wildman–Crippen MR) is 88.7 cm³/mol. The SMILES string of the molecule is c1ccc2c(c1)CCC(N1CCC[C@H]3CCCC[C@H]31)CN2. The maximum absolute atomic E-state index is 3.73. The molecule has 2 nitrogen and oxygen atoms in total. The first-order valence-electron chi connectivity index (χ1n) is 8.99. The van der Waals surface area contributed by atoms with Gasteiger partial charge in [0.2, 0.25) is 0 Å². The minimum absolute atomic E-state index is 0.739. The second kappa shape index (κ2) is 6.00. The molecule has 0 aromatic heterocycles. The lowest BCUT2D eigenvalue weighted by Gasteiger charge is -2.47. The van der Waals surface area contributed by atoms with Crippen LogP contribution in [0.5, 0.6) is 0 Å². The van der Waals surface area contributed by atoms with Crippen LogP contribution in [0.2, 0.25) is 0 Å². The van der Waals surface area contributed by atoms with E-state index in [1.54, 1.807) is 0 Å². The molecule has 1 aromatic carbocycles. The number of para-hydroxylation sites is 1. The highest BCUT2D eigenvalue weighted by Crippen LogP contribution is 2.37. The number of nitrogens with one attached hydrogen (secondary N) is 1. The number of fused-ring (bicyclic) bond motifs is 2. The summed E-state index contributed by atoms with van der Waals surface area (Å²) in [6, 6.07) is 10.5. The molecule has 0 spiro atoms. The Bertz CT molecular complexity index is 455. The van der Waals surface area contributed by atoms with Gasteiger partial charge < -0.3 is 5.32 Å². The number of hydrogen-bond acceptors (Lipinski definition) is 2. The molecule has 2 heteroatoms. The van der Waals surface area contributed by atoms with Crippen molar-refractivity contribution in [2.75, 3.05) is 18.4 Å². The summed E-state index contributed by atoms with van der Waals surface area (Å²) in [5.41, 5.74) is 2.88. The lowest BCUT2D eigenvalue weighted by atomic mass is 9.77. The zero-order valence-corrected chi connectivity index (χ0v) is 13.1. The lowest BCUT2D eigenvalue weighted by Crippen LogP contribution is -2.53. The minimum Gasteiger partial charge on any atom is -0.383 e. The van der Waals surface area contributed by atoms with Crippen molar-refractivity contribution >= 4 is 5.69 Å². The van der Waals surface area contributed by atoms with Gasteiger partial charge in [-0.05, 0) is 62.6 Å². The van der Waals surface area contributed by atoms with E-state index in [2.05, 4.69) is 34.5 Å². The quantitative estimate of drug-likeness (QED) is 0.836. The molecule has 1 saturated carbocycles. The molecule has 2 aliphatic heterocycles. The number of nitrogens with zero attached hydrogens (tertiary/aromatic N) is 1. The molecule has 1 aliphatic carbocycles. The number of benzene rings is 1. The number of piperidine rings is 1. The average Bonchev–Trinajstić information content (AvgIpc) is 2.77. The van der Waals surface area contributed by atoms with E-state index in [0.717, 1.165) is 24.5 Å². The van der Waals surface area contributed by atoms with Gasteiger partial charge in [0.1, 0.15) is 0 Å². The molecule has 0 amide bonds. The molecule has 3 aliphatic rings. The van der Waals surface area contributed by atoms with Crippen LogP contribution in [0.25, 0.3) is 0 Å². The highest BCUT2D eigenvalue weighted by atomic mass is 15.2. The predicted octanol–water partition coefficient (Wildman–Crippen LogP) is 4.07. The van der Waals surface area contributed by atoms with Crippen molar-refractivity contribution in [3.05, 3.63) is 29.8 Å². The summed E-state index contributed by atoms with van der Waals surface area (Å²) in [6.07, 6.45) is 11.3. The van der Waals surface area contributed by atoms with Gasteiger partial charge in [-0.1, -0.05) is 31.0 Å². The molecule has 3 atom stereocenters. The first-order valence-corrected chi connectivity index (χ1v) is 8.99. The summed E-state index contributed by atoms with van der Waals surface area (Å²) >= 11 is 0. The second-order valence-corrected chi connectivity index (χ2v) is 7.22. The van der Waals surface area contributed by atoms with E-state index < -0.39 is 0 Å². The van der Waals surface area contributed by atoms with E-state index in [1.165, 1.54) is 69.2 Å². The summed E-state index contributed by atoms with van der Waals surface area (Å²) in [5.74, 6) is 0.998. The van der Waals surface area contributed by atoms with Gasteiger partial charge in [-0.25, -0.2) is 0 Å². The molecule has 0 radical (unpaired) electrons. The molecule has 114 valence electrons. The molecule has 21 heavy (non-hydrogen) atoms. The highest BCUT2D eigenvalue weighted by Gasteiger charge is 2.36. The fourth-order valence-electron chi connectivity index (χ4n) is 4.96. The molecule has 0 bridgehead atoms. The first kappa shape index (κ1) is 13.6. The van der Waals surface area contributed by atoms with Crippen LogP contribution in [0, 0.1) is 5.92 Å². The van der Waals surface area contributed by atoms with Gasteiger partial charge in [0.05, 0.1) is 0 Å². The van der Waals surface area contributed by atoms with Crippen LogP contribution in [-0.4, -0.2) is 30.1 Å². The van der Waals surface area contributed by atoms with Crippen molar-refractivity contribution in [3.63, 3.8) is 0 Å². The topological polar surface area (TPSA) is 15.3 Å². The van der Waals surface area contributed by atoms with Gasteiger partial charge in [0, 0.05) is 24.3 Å². The molecular weight excluding hydrogens is 256 g/mol. The van der Waals surface area contributed by atoms with Crippen LogP contribution in [0.4, 0.5) is 5.69 Å². The van der Waals surface area contributed by atoms with Crippen LogP contribution in [-0.2, 0) is 6.42 Å². The van der Waals surface area contributed by atoms with Crippen molar-refractivity contribution < 1.29 is 0 Å². The van der Waals surface area contributed by atoms with Crippen molar-refractivity contribution in [3.8, 4) is 0 Å². The smallest absolute Gasteiger partial charge is 0.0373 e. The largest absolute Gasteiger partial charge is 0.383 e. The van der Waals surface area contributed by atoms with E-state index in [1.807, 2.05) is 0 Å². The number of aryl methyl sites for hydroxylation is 1. The van der Waals surface area contributed by atoms with E-state index in [4.69, 9.17) is 0 Å². The van der Waals surface area contributed by atoms with Crippen molar-refractivity contribution in [1.82, 2.24) is 4.90 Å². The number of anilines is 1. The van der Waals surface area contributed by atoms with Crippen molar-refractivity contribution in [1.29, 1.82) is 0 Å². The van der Waals surface area contributed by atoms with Crippen LogP contribution in [0.3, 0.4) is 0 Å². The van der Waals surface area contributed by atoms with Crippen LogP contribution in [0.15, 0.2) is 24.3 Å². The van der Waals surface area contributed by atoms with Gasteiger partial charge >= 0.3 is 0 Å². The Labute approximate surface area is 128 Å². The fraction of sp³-hybridized carbons (Fsp3) is 0.684. The Balaban J connectivity index is 1.49. The summed E-state index contributed by atoms with van der Waals surface area (Å²) in [6.45, 7) is 2.48. The van der Waals surface area contributed by atoms with E-state index in [0.29, 0.717) is 0 Å². The first-order chi connectivity index (χ1) is 10.4. The molecule has 1 saturated heterocycles. The Morgan fingerprint density at radius 2 is 1.81 bits per heavy atom. The van der Waals surface area contributed by atoms with Crippen molar-refractivity contribution in [2.24, 2.45) is 5.92 Å². The monoisotopic (exact) mass is 284 g/mol. The van der Waals surface area contributed by atoms with Gasteiger partial charge in [-0.3, -0.25) is 4.90 Å². The number of likely N-dealkylation sites (tertiary alicyclic amines) is 1. The van der Waals surface area contributed by atoms with Gasteiger partial charge in [-0.2, -0.15) is 0 Å². The summed E-state index contributed by atoms with van der Waals surface area (Å²) in [7, 11) is 0. The Hall–Kier alpha value is -1.02. The Kier molecular flexibility index (Phi) is 3.89. The third kappa shape index (κ3) is 2.70. The second-order valence-electron chi connectivity index (χ2n) is 7.22. The molecule has 4 rings (SSSR count). The third-order valence-corrected chi connectivity index (χ3v) is 6.05. The van der Waals surface area contributed by atoms with E-state index in [-0.39, 0.29) is 0 Å². The van der Waals surface area contributed by atoms with Gasteiger partial charge in [0.25, 0.3) is 0 Å². The minimum atomic E-state index is 0.739. The van der Waals surface area contributed by atoms with E-state index in [9.17, 15) is 0 Å². The third-order valence-electron chi connectivity index (χ3n) is 6.05. The van der Waals surface area contributed by atoms with Gasteiger partial charge in [-0.15, -0.1) is 0 Å². The zero-order valence-electron chi connectivity index (χ0n) is 13.1. The molecule has 1 aromatic rings. The van der Waals surface area contributed by atoms with Crippen LogP contribution in [0.1, 0.15) is 50.5 Å². The standard InChI is InChI=1S/C19H28N2/c1-3-9-18-15(6-1)11-12-17(14-20-18)21-13-5-8-16-7-2-4-10-19(16)21/h1,3,6,9,16-17,19-20H,2,4-5,7-8,10-14H2/t16-,17?,19-/m1/s1. The zero-order chi connectivity index (χ0) is 14.1. The highest BCUT2D eigenvalue weighted by molar-refractivity contribution is 5.52. The Morgan fingerprint density at radius 1 is 0.952 bits per heavy atom. The molecule has 2 fully saturated rings. The van der Waals surface area contributed by atoms with Crippen molar-refractivity contribution in [2.45, 2.75) is 63.5 Å². The molecular formula is C19H28N2.